The Kier molecular flexibility index (Phi) is 27.8. The summed E-state index contributed by atoms with van der Waals surface area (Å²) in [5, 5.41) is 0. The molecule has 74 heavy (non-hydrogen) atoms. The summed E-state index contributed by atoms with van der Waals surface area (Å²) in [6, 6.07) is 58.5. The fourth-order valence-electron chi connectivity index (χ4n) is 7.69. The smallest absolute Gasteiger partial charge is 0.0493 e. The molecule has 0 aliphatic heterocycles. The third-order valence-electron chi connectivity index (χ3n) is 12.3. The molecular weight excluding hydrogens is 891 g/mol. The van der Waals surface area contributed by atoms with Gasteiger partial charge in [0.15, 0.2) is 0 Å². The highest BCUT2D eigenvalue weighted by Gasteiger charge is 2.17. The van der Waals surface area contributed by atoms with E-state index in [9.17, 15) is 0 Å². The van der Waals surface area contributed by atoms with Gasteiger partial charge in [0, 0.05) is 17.1 Å². The number of nitrogens with zero attached hydrogens (tertiary/aromatic N) is 1. The summed E-state index contributed by atoms with van der Waals surface area (Å²) in [6.45, 7) is 28.5. The van der Waals surface area contributed by atoms with Gasteiger partial charge in [-0.15, -0.1) is 19.4 Å². The minimum absolute atomic E-state index is 0.900. The van der Waals surface area contributed by atoms with Crippen molar-refractivity contribution in [3.63, 3.8) is 0 Å². The van der Waals surface area contributed by atoms with E-state index in [0.717, 1.165) is 30.6 Å². The molecule has 0 N–H and O–H groups in total. The highest BCUT2D eigenvalue weighted by Crippen LogP contribution is 2.36. The molecule has 1 nitrogen and oxygen atoms in total. The van der Waals surface area contributed by atoms with Gasteiger partial charge in [0.25, 0.3) is 0 Å². The summed E-state index contributed by atoms with van der Waals surface area (Å²) in [5.41, 5.74) is 21.7. The van der Waals surface area contributed by atoms with E-state index in [1.54, 1.807) is 6.08 Å². The van der Waals surface area contributed by atoms with E-state index in [-0.39, 0.29) is 0 Å². The summed E-state index contributed by atoms with van der Waals surface area (Å²) in [4.78, 5) is 2.37. The Bertz CT molecular complexity index is 2950. The van der Waals surface area contributed by atoms with Gasteiger partial charge in [-0.05, 0) is 167 Å². The number of benzene rings is 7. The molecule has 0 aromatic heterocycles. The van der Waals surface area contributed by atoms with Crippen LogP contribution in [0.25, 0.3) is 27.8 Å². The summed E-state index contributed by atoms with van der Waals surface area (Å²) in [7, 11) is 0. The number of terminal acetylenes is 1. The second-order valence-electron chi connectivity index (χ2n) is 17.9. The van der Waals surface area contributed by atoms with Crippen LogP contribution in [0.15, 0.2) is 256 Å². The molecule has 7 aromatic carbocycles. The number of hydrogen-bond acceptors (Lipinski definition) is 1. The predicted molar refractivity (Wildman–Crippen MR) is 331 cm³/mol. The van der Waals surface area contributed by atoms with E-state index in [2.05, 4.69) is 300 Å². The van der Waals surface area contributed by atoms with Crippen molar-refractivity contribution in [2.75, 3.05) is 4.90 Å². The SMILES string of the molecule is C#C.C/C=C\C=C(/C)c1ccc(C)cc1.C=C/C=C\C=C/Cc1ccc(N(C(/C=C\Cc2ccc(C)cc2)=C/C)c2ccc(C)c(C)c2C)cc1.C=CCC.Cc1ccc(-c2ccccc2)c(-c2ccccc2)c1. The lowest BCUT2D eigenvalue weighted by Gasteiger charge is -2.29. The van der Waals surface area contributed by atoms with Gasteiger partial charge in [-0.1, -0.05) is 243 Å². The van der Waals surface area contributed by atoms with Gasteiger partial charge in [-0.3, -0.25) is 0 Å². The van der Waals surface area contributed by atoms with Crippen molar-refractivity contribution in [1.29, 1.82) is 0 Å². The standard InChI is InChI=1S/C35H39N.C19H16.C13H16.C4H8.C2H2/c1-7-9-10-11-12-14-31-22-24-34(25-23-31)36(35-26-19-28(4)29(5)30(35)6)33(8-2)16-13-15-32-20-17-27(3)18-21-32;1-15-12-13-18(16-8-4-2-5-9-16)19(14-15)17-10-6-3-7-11-17;1-4-5-6-12(3)13-9-7-11(2)8-10-13;1-3-4-2;1-2/h7-13,16-26H,1,14-15H2,2-6H3;2-14H,1H3;4-10H,1-3H3;3H,1,4H2,2H3;1-2H/b10-9-,12-11-,16-13-,33-8+;;5-4-,12-6+;;. The Morgan fingerprint density at radius 2 is 1.07 bits per heavy atom. The molecule has 7 rings (SSSR count). The minimum atomic E-state index is 0.900. The van der Waals surface area contributed by atoms with E-state index in [1.165, 1.54) is 83.6 Å². The van der Waals surface area contributed by atoms with Gasteiger partial charge in [0.2, 0.25) is 0 Å². The first-order valence-corrected chi connectivity index (χ1v) is 25.7. The molecule has 0 saturated heterocycles. The van der Waals surface area contributed by atoms with Crippen LogP contribution >= 0.6 is 0 Å². The highest BCUT2D eigenvalue weighted by molar-refractivity contribution is 5.84. The third-order valence-corrected chi connectivity index (χ3v) is 12.3. The van der Waals surface area contributed by atoms with Crippen LogP contribution in [-0.4, -0.2) is 0 Å². The average Bonchev–Trinajstić information content (AvgIpc) is 3.44. The largest absolute Gasteiger partial charge is 0.311 e. The second-order valence-corrected chi connectivity index (χ2v) is 17.9. The van der Waals surface area contributed by atoms with Crippen LogP contribution in [0.1, 0.15) is 84.2 Å². The van der Waals surface area contributed by atoms with Gasteiger partial charge in [0.05, 0.1) is 0 Å². The molecule has 0 spiro atoms. The number of allylic oxidation sites excluding steroid dienone is 13. The molecule has 0 aliphatic carbocycles. The average molecular weight is 972 g/mol. The summed E-state index contributed by atoms with van der Waals surface area (Å²) in [5.74, 6) is 0. The molecule has 0 fully saturated rings. The first kappa shape index (κ1) is 60.1. The molecule has 0 bridgehead atoms. The number of anilines is 2. The Balaban J connectivity index is 0.000000314. The van der Waals surface area contributed by atoms with Gasteiger partial charge in [-0.25, -0.2) is 0 Å². The van der Waals surface area contributed by atoms with Crippen LogP contribution in [-0.2, 0) is 12.8 Å². The monoisotopic (exact) mass is 972 g/mol. The first-order chi connectivity index (χ1) is 35.9. The topological polar surface area (TPSA) is 3.24 Å². The van der Waals surface area contributed by atoms with E-state index in [0.29, 0.717) is 0 Å². The van der Waals surface area contributed by atoms with Crippen molar-refractivity contribution < 1.29 is 0 Å². The molecule has 0 heterocycles. The summed E-state index contributed by atoms with van der Waals surface area (Å²) in [6.07, 6.45) is 35.7. The molecule has 1 heteroatoms. The zero-order valence-corrected chi connectivity index (χ0v) is 46.2. The minimum Gasteiger partial charge on any atom is -0.311 e. The van der Waals surface area contributed by atoms with Gasteiger partial charge < -0.3 is 4.90 Å². The lowest BCUT2D eigenvalue weighted by Crippen LogP contribution is -2.17. The zero-order valence-electron chi connectivity index (χ0n) is 46.2. The number of hydrogen-bond donors (Lipinski definition) is 0. The van der Waals surface area contributed by atoms with Crippen LogP contribution in [0.3, 0.4) is 0 Å². The molecule has 0 atom stereocenters. The molecule has 7 aromatic rings. The normalized spacial score (nSPS) is 11.1. The Labute approximate surface area is 448 Å². The summed E-state index contributed by atoms with van der Waals surface area (Å²) >= 11 is 0. The van der Waals surface area contributed by atoms with E-state index < -0.39 is 0 Å². The van der Waals surface area contributed by atoms with Crippen LogP contribution in [0.2, 0.25) is 0 Å². The van der Waals surface area contributed by atoms with Crippen molar-refractivity contribution >= 4 is 16.9 Å². The van der Waals surface area contributed by atoms with Gasteiger partial charge >= 0.3 is 0 Å². The van der Waals surface area contributed by atoms with Crippen molar-refractivity contribution in [3.05, 3.63) is 306 Å². The summed E-state index contributed by atoms with van der Waals surface area (Å²) < 4.78 is 0. The number of rotatable bonds is 15. The number of aryl methyl sites for hydroxylation is 4. The second kappa shape index (κ2) is 34.2. The van der Waals surface area contributed by atoms with Crippen LogP contribution < -0.4 is 4.90 Å². The Morgan fingerprint density at radius 1 is 0.541 bits per heavy atom. The maximum atomic E-state index is 4.00. The quantitative estimate of drug-likeness (QED) is 0.0562. The van der Waals surface area contributed by atoms with Crippen molar-refractivity contribution in [3.8, 4) is 35.1 Å². The lowest BCUT2D eigenvalue weighted by atomic mass is 9.93. The van der Waals surface area contributed by atoms with E-state index in [1.807, 2.05) is 31.2 Å². The lowest BCUT2D eigenvalue weighted by molar-refractivity contribution is 1.14. The molecule has 0 unspecified atom stereocenters. The molecule has 0 amide bonds. The fourth-order valence-corrected chi connectivity index (χ4v) is 7.69. The van der Waals surface area contributed by atoms with Crippen LogP contribution in [0, 0.1) is 54.4 Å². The van der Waals surface area contributed by atoms with Crippen molar-refractivity contribution in [2.24, 2.45) is 0 Å². The maximum Gasteiger partial charge on any atom is 0.0493 e. The molecule has 0 saturated carbocycles. The van der Waals surface area contributed by atoms with Gasteiger partial charge in [0.1, 0.15) is 0 Å². The fraction of sp³-hybridized carbons (Fsp3) is 0.178. The van der Waals surface area contributed by atoms with Crippen LogP contribution in [0.4, 0.5) is 11.4 Å². The maximum absolute atomic E-state index is 4.00. The van der Waals surface area contributed by atoms with E-state index in [4.69, 9.17) is 0 Å². The first-order valence-electron chi connectivity index (χ1n) is 25.7. The predicted octanol–water partition coefficient (Wildman–Crippen LogP) is 20.7. The Morgan fingerprint density at radius 3 is 1.61 bits per heavy atom. The van der Waals surface area contributed by atoms with E-state index >= 15 is 0 Å². The highest BCUT2D eigenvalue weighted by atomic mass is 15.1. The molecule has 0 aliphatic rings. The van der Waals surface area contributed by atoms with Gasteiger partial charge in [-0.2, -0.15) is 0 Å². The third kappa shape index (κ3) is 20.1. The molecule has 0 radical (unpaired) electrons. The Hall–Kier alpha value is -8.18. The van der Waals surface area contributed by atoms with Crippen LogP contribution in [0.5, 0.6) is 0 Å². The van der Waals surface area contributed by atoms with Crippen molar-refractivity contribution in [1.82, 2.24) is 0 Å². The molecular formula is C73H81N. The molecule has 378 valence electrons. The zero-order chi connectivity index (χ0) is 54.1. The van der Waals surface area contributed by atoms with Crippen molar-refractivity contribution in [2.45, 2.75) is 88.5 Å².